The molecule has 0 aliphatic heterocycles. The molecule has 1 heterocycles. The molecule has 1 amide bonds. The number of nitro groups is 1. The topological polar surface area (TPSA) is 98.3 Å². The number of rotatable bonds is 4. The van der Waals surface area contributed by atoms with E-state index in [0.29, 0.717) is 22.7 Å². The molecule has 0 aliphatic rings. The molecule has 0 radical (unpaired) electrons. The molecule has 0 unspecified atom stereocenters. The average molecular weight is 436 g/mol. The number of fused-ring (bicyclic) bond motifs is 1. The van der Waals surface area contributed by atoms with Crippen molar-refractivity contribution in [3.63, 3.8) is 0 Å². The van der Waals surface area contributed by atoms with E-state index >= 15 is 0 Å². The summed E-state index contributed by atoms with van der Waals surface area (Å²) in [4.78, 5) is 27.8. The van der Waals surface area contributed by atoms with Crippen molar-refractivity contribution < 1.29 is 14.1 Å². The van der Waals surface area contributed by atoms with Crippen LogP contribution < -0.4 is 5.32 Å². The molecule has 7 nitrogen and oxygen atoms in total. The Labute approximate surface area is 182 Å². The van der Waals surface area contributed by atoms with E-state index in [9.17, 15) is 14.9 Å². The van der Waals surface area contributed by atoms with Crippen molar-refractivity contribution in [2.75, 3.05) is 5.32 Å². The molecule has 0 saturated heterocycles. The molecule has 0 bridgehead atoms. The zero-order chi connectivity index (χ0) is 22.3. The number of nitrogens with one attached hydrogen (secondary N) is 1. The maximum absolute atomic E-state index is 12.8. The van der Waals surface area contributed by atoms with Gasteiger partial charge in [-0.25, -0.2) is 4.98 Å². The number of carbonyl (C=O) groups is 1. The summed E-state index contributed by atoms with van der Waals surface area (Å²) in [7, 11) is 0. The number of oxazole rings is 1. The van der Waals surface area contributed by atoms with E-state index in [0.717, 1.165) is 28.3 Å². The Morgan fingerprint density at radius 2 is 1.77 bits per heavy atom. The van der Waals surface area contributed by atoms with Crippen molar-refractivity contribution in [3.8, 4) is 11.5 Å². The predicted molar refractivity (Wildman–Crippen MR) is 120 cm³/mol. The first-order valence-corrected chi connectivity index (χ1v) is 9.85. The van der Waals surface area contributed by atoms with Gasteiger partial charge in [0.15, 0.2) is 5.58 Å². The molecule has 0 spiro atoms. The lowest BCUT2D eigenvalue weighted by Gasteiger charge is -2.10. The van der Waals surface area contributed by atoms with Gasteiger partial charge in [-0.05, 0) is 67.8 Å². The maximum atomic E-state index is 12.8. The third kappa shape index (κ3) is 4.00. The van der Waals surface area contributed by atoms with E-state index in [1.807, 2.05) is 45.0 Å². The molecule has 0 atom stereocenters. The Kier molecular flexibility index (Phi) is 5.20. The first-order valence-electron chi connectivity index (χ1n) is 9.47. The normalized spacial score (nSPS) is 11.0. The average Bonchev–Trinajstić information content (AvgIpc) is 3.12. The first kappa shape index (κ1) is 20.6. The molecule has 0 fully saturated rings. The van der Waals surface area contributed by atoms with Gasteiger partial charge in [0.25, 0.3) is 11.6 Å². The lowest BCUT2D eigenvalue weighted by atomic mass is 10.1. The van der Waals surface area contributed by atoms with Crippen molar-refractivity contribution in [1.29, 1.82) is 0 Å². The maximum Gasteiger partial charge on any atom is 0.270 e. The summed E-state index contributed by atoms with van der Waals surface area (Å²) in [5.41, 5.74) is 5.52. The minimum absolute atomic E-state index is 0.0217. The molecule has 1 aromatic heterocycles. The summed E-state index contributed by atoms with van der Waals surface area (Å²) in [6, 6.07) is 13.1. The number of halogens is 1. The van der Waals surface area contributed by atoms with E-state index in [1.54, 1.807) is 6.07 Å². The third-order valence-electron chi connectivity index (χ3n) is 5.14. The van der Waals surface area contributed by atoms with Gasteiger partial charge in [0, 0.05) is 23.4 Å². The van der Waals surface area contributed by atoms with Crippen LogP contribution in [0.1, 0.15) is 27.0 Å². The summed E-state index contributed by atoms with van der Waals surface area (Å²) >= 11 is 6.09. The van der Waals surface area contributed by atoms with E-state index in [2.05, 4.69) is 10.3 Å². The highest BCUT2D eigenvalue weighted by atomic mass is 35.5. The van der Waals surface area contributed by atoms with Crippen LogP contribution in [0.2, 0.25) is 5.02 Å². The van der Waals surface area contributed by atoms with Crippen LogP contribution in [-0.4, -0.2) is 15.8 Å². The van der Waals surface area contributed by atoms with Crippen molar-refractivity contribution in [2.24, 2.45) is 0 Å². The van der Waals surface area contributed by atoms with Crippen LogP contribution in [0.5, 0.6) is 0 Å². The lowest BCUT2D eigenvalue weighted by Crippen LogP contribution is -2.13. The Bertz CT molecular complexity index is 1320. The van der Waals surface area contributed by atoms with Gasteiger partial charge in [-0.3, -0.25) is 14.9 Å². The highest BCUT2D eigenvalue weighted by molar-refractivity contribution is 6.34. The molecular formula is C23H18ClN3O4. The SMILES string of the molecule is Cc1cc2nc(-c3ccc(C)c(NC(=O)c4cc([N+](=O)[O-])ccc4Cl)c3)oc2cc1C. The Morgan fingerprint density at radius 3 is 2.52 bits per heavy atom. The van der Waals surface area contributed by atoms with Crippen molar-refractivity contribution in [1.82, 2.24) is 4.98 Å². The summed E-state index contributed by atoms with van der Waals surface area (Å²) in [6.07, 6.45) is 0. The Hall–Kier alpha value is -3.71. The van der Waals surface area contributed by atoms with Crippen LogP contribution in [0.4, 0.5) is 11.4 Å². The number of carbonyl (C=O) groups excluding carboxylic acids is 1. The summed E-state index contributed by atoms with van der Waals surface area (Å²) in [5, 5.41) is 13.9. The zero-order valence-corrected chi connectivity index (χ0v) is 17.8. The fraction of sp³-hybridized carbons (Fsp3) is 0.130. The number of nitrogens with zero attached hydrogens (tertiary/aromatic N) is 2. The largest absolute Gasteiger partial charge is 0.436 e. The van der Waals surface area contributed by atoms with Gasteiger partial charge >= 0.3 is 0 Å². The van der Waals surface area contributed by atoms with E-state index < -0.39 is 10.8 Å². The molecule has 0 saturated carbocycles. The minimum atomic E-state index is -0.574. The zero-order valence-electron chi connectivity index (χ0n) is 17.0. The molecule has 0 aliphatic carbocycles. The fourth-order valence-corrected chi connectivity index (χ4v) is 3.39. The van der Waals surface area contributed by atoms with E-state index in [4.69, 9.17) is 16.0 Å². The molecule has 8 heteroatoms. The van der Waals surface area contributed by atoms with Gasteiger partial charge in [0.05, 0.1) is 15.5 Å². The van der Waals surface area contributed by atoms with Gasteiger partial charge in [0.1, 0.15) is 5.52 Å². The number of hydrogen-bond donors (Lipinski definition) is 1. The van der Waals surface area contributed by atoms with Gasteiger partial charge in [0.2, 0.25) is 5.89 Å². The quantitative estimate of drug-likeness (QED) is 0.302. The first-order chi connectivity index (χ1) is 14.7. The molecule has 31 heavy (non-hydrogen) atoms. The number of benzene rings is 3. The molecule has 3 aromatic carbocycles. The summed E-state index contributed by atoms with van der Waals surface area (Å²) < 4.78 is 5.92. The van der Waals surface area contributed by atoms with Crippen molar-refractivity contribution >= 4 is 40.0 Å². The number of aryl methyl sites for hydroxylation is 3. The van der Waals surface area contributed by atoms with Gasteiger partial charge in [-0.2, -0.15) is 0 Å². The highest BCUT2D eigenvalue weighted by Crippen LogP contribution is 2.30. The molecule has 4 aromatic rings. The van der Waals surface area contributed by atoms with Crippen molar-refractivity contribution in [3.05, 3.63) is 85.9 Å². The van der Waals surface area contributed by atoms with E-state index in [1.165, 1.54) is 12.1 Å². The number of amides is 1. The second-order valence-corrected chi connectivity index (χ2v) is 7.74. The van der Waals surface area contributed by atoms with Crippen LogP contribution >= 0.6 is 11.6 Å². The number of nitro benzene ring substituents is 1. The number of hydrogen-bond acceptors (Lipinski definition) is 5. The van der Waals surface area contributed by atoms with Crippen LogP contribution in [-0.2, 0) is 0 Å². The third-order valence-corrected chi connectivity index (χ3v) is 5.47. The molecule has 4 rings (SSSR count). The predicted octanol–water partition coefficient (Wildman–Crippen LogP) is 6.23. The van der Waals surface area contributed by atoms with Gasteiger partial charge in [-0.15, -0.1) is 0 Å². The second-order valence-electron chi connectivity index (χ2n) is 7.33. The molecular weight excluding hydrogens is 418 g/mol. The number of aromatic nitrogens is 1. The monoisotopic (exact) mass is 435 g/mol. The molecule has 1 N–H and O–H groups in total. The van der Waals surface area contributed by atoms with Crippen LogP contribution in [0.3, 0.4) is 0 Å². The minimum Gasteiger partial charge on any atom is -0.436 e. The van der Waals surface area contributed by atoms with Gasteiger partial charge < -0.3 is 9.73 Å². The highest BCUT2D eigenvalue weighted by Gasteiger charge is 2.18. The Balaban J connectivity index is 1.68. The van der Waals surface area contributed by atoms with Gasteiger partial charge in [-0.1, -0.05) is 17.7 Å². The lowest BCUT2D eigenvalue weighted by molar-refractivity contribution is -0.384. The number of anilines is 1. The van der Waals surface area contributed by atoms with E-state index in [-0.39, 0.29) is 16.3 Å². The summed E-state index contributed by atoms with van der Waals surface area (Å²) in [6.45, 7) is 5.87. The number of non-ortho nitro benzene ring substituents is 1. The fourth-order valence-electron chi connectivity index (χ4n) is 3.18. The Morgan fingerprint density at radius 1 is 1.03 bits per heavy atom. The standard InChI is InChI=1S/C23H18ClN3O4/c1-12-4-5-15(23-26-20-8-13(2)14(3)9-21(20)31-23)10-19(12)25-22(28)17-11-16(27(29)30)6-7-18(17)24/h4-11H,1-3H3,(H,25,28). The van der Waals surface area contributed by atoms with Crippen molar-refractivity contribution in [2.45, 2.75) is 20.8 Å². The molecule has 156 valence electrons. The second kappa shape index (κ2) is 7.85. The van der Waals surface area contributed by atoms with Crippen LogP contribution in [0.25, 0.3) is 22.6 Å². The van der Waals surface area contributed by atoms with Crippen LogP contribution in [0, 0.1) is 30.9 Å². The van der Waals surface area contributed by atoms with Crippen LogP contribution in [0.15, 0.2) is 52.9 Å². The summed E-state index contributed by atoms with van der Waals surface area (Å²) in [5.74, 6) is -0.110. The smallest absolute Gasteiger partial charge is 0.270 e.